The van der Waals surface area contributed by atoms with Crippen molar-refractivity contribution < 1.29 is 13.2 Å². The van der Waals surface area contributed by atoms with Gasteiger partial charge in [0.05, 0.1) is 16.9 Å². The molecule has 0 spiro atoms. The number of pyridine rings is 1. The summed E-state index contributed by atoms with van der Waals surface area (Å²) < 4.78 is 28.2. The number of halogens is 1. The Labute approximate surface area is 174 Å². The quantitative estimate of drug-likeness (QED) is 0.677. The number of aromatic nitrogens is 1. The summed E-state index contributed by atoms with van der Waals surface area (Å²) in [5.41, 5.74) is 0.952. The SMILES string of the molecule is CC(c1cccnc1)N(C)C(=O)C1CCCN(S(=O)(=O)c2ccc(Br)cc2)C1. The van der Waals surface area contributed by atoms with Crippen molar-refractivity contribution in [3.8, 4) is 0 Å². The Hall–Kier alpha value is -1.77. The summed E-state index contributed by atoms with van der Waals surface area (Å²) in [4.78, 5) is 19.1. The van der Waals surface area contributed by atoms with Gasteiger partial charge in [0, 0.05) is 37.0 Å². The number of hydrogen-bond acceptors (Lipinski definition) is 4. The molecule has 1 aromatic heterocycles. The molecule has 0 N–H and O–H groups in total. The predicted octanol–water partition coefficient (Wildman–Crippen LogP) is 3.46. The number of carbonyl (C=O) groups is 1. The van der Waals surface area contributed by atoms with Crippen LogP contribution in [0.15, 0.2) is 58.2 Å². The average Bonchev–Trinajstić information content (AvgIpc) is 2.73. The highest BCUT2D eigenvalue weighted by Gasteiger charge is 2.35. The number of amides is 1. The lowest BCUT2D eigenvalue weighted by molar-refractivity contribution is -0.137. The molecular weight excluding hydrogens is 442 g/mol. The van der Waals surface area contributed by atoms with Gasteiger partial charge in [0.15, 0.2) is 0 Å². The Kier molecular flexibility index (Phi) is 6.52. The molecule has 1 fully saturated rings. The van der Waals surface area contributed by atoms with Crippen LogP contribution in [0.2, 0.25) is 0 Å². The highest BCUT2D eigenvalue weighted by atomic mass is 79.9. The third-order valence-corrected chi connectivity index (χ3v) is 7.69. The maximum atomic E-state index is 13.0. The third-order valence-electron chi connectivity index (χ3n) is 5.28. The lowest BCUT2D eigenvalue weighted by atomic mass is 9.97. The Balaban J connectivity index is 1.73. The van der Waals surface area contributed by atoms with Crippen LogP contribution in [0.1, 0.15) is 31.4 Å². The van der Waals surface area contributed by atoms with Gasteiger partial charge < -0.3 is 4.90 Å². The van der Waals surface area contributed by atoms with Gasteiger partial charge in [-0.1, -0.05) is 22.0 Å². The lowest BCUT2D eigenvalue weighted by Crippen LogP contribution is -2.46. The van der Waals surface area contributed by atoms with E-state index in [-0.39, 0.29) is 29.3 Å². The van der Waals surface area contributed by atoms with Crippen molar-refractivity contribution in [3.05, 3.63) is 58.8 Å². The Morgan fingerprint density at radius 3 is 2.64 bits per heavy atom. The summed E-state index contributed by atoms with van der Waals surface area (Å²) in [6, 6.07) is 10.2. The minimum Gasteiger partial charge on any atom is -0.339 e. The van der Waals surface area contributed by atoms with Crippen molar-refractivity contribution in [1.82, 2.24) is 14.2 Å². The molecule has 0 bridgehead atoms. The molecule has 6 nitrogen and oxygen atoms in total. The predicted molar refractivity (Wildman–Crippen MR) is 111 cm³/mol. The van der Waals surface area contributed by atoms with E-state index in [2.05, 4.69) is 20.9 Å². The van der Waals surface area contributed by atoms with Crippen LogP contribution in [0.5, 0.6) is 0 Å². The molecule has 2 heterocycles. The summed E-state index contributed by atoms with van der Waals surface area (Å²) in [5.74, 6) is -0.379. The first kappa shape index (κ1) is 21.0. The summed E-state index contributed by atoms with van der Waals surface area (Å²) in [6.07, 6.45) is 4.81. The van der Waals surface area contributed by atoms with Crippen molar-refractivity contribution in [2.24, 2.45) is 5.92 Å². The first-order chi connectivity index (χ1) is 13.3. The number of carbonyl (C=O) groups excluding carboxylic acids is 1. The van der Waals surface area contributed by atoms with Gasteiger partial charge >= 0.3 is 0 Å². The molecule has 0 radical (unpaired) electrons. The molecule has 1 saturated heterocycles. The molecule has 1 aromatic carbocycles. The van der Waals surface area contributed by atoms with Gasteiger partial charge in [0.1, 0.15) is 0 Å². The number of sulfonamides is 1. The molecule has 2 aromatic rings. The lowest BCUT2D eigenvalue weighted by Gasteiger charge is -2.35. The molecule has 8 heteroatoms. The third kappa shape index (κ3) is 4.45. The maximum Gasteiger partial charge on any atom is 0.243 e. The zero-order valence-electron chi connectivity index (χ0n) is 16.0. The van der Waals surface area contributed by atoms with Crippen molar-refractivity contribution in [3.63, 3.8) is 0 Å². The summed E-state index contributed by atoms with van der Waals surface area (Å²) in [6.45, 7) is 2.60. The van der Waals surface area contributed by atoms with E-state index < -0.39 is 10.0 Å². The summed E-state index contributed by atoms with van der Waals surface area (Å²) in [7, 11) is -1.85. The summed E-state index contributed by atoms with van der Waals surface area (Å²) >= 11 is 3.32. The Morgan fingerprint density at radius 1 is 1.29 bits per heavy atom. The van der Waals surface area contributed by atoms with Crippen LogP contribution < -0.4 is 0 Å². The minimum absolute atomic E-state index is 0.0351. The van der Waals surface area contributed by atoms with Gasteiger partial charge in [-0.15, -0.1) is 0 Å². The van der Waals surface area contributed by atoms with Crippen molar-refractivity contribution >= 4 is 31.9 Å². The first-order valence-electron chi connectivity index (χ1n) is 9.23. The van der Waals surface area contributed by atoms with Crippen LogP contribution in [0.25, 0.3) is 0 Å². The van der Waals surface area contributed by atoms with Crippen LogP contribution in [0.3, 0.4) is 0 Å². The average molecular weight is 466 g/mol. The smallest absolute Gasteiger partial charge is 0.243 e. The van der Waals surface area contributed by atoms with E-state index in [1.165, 1.54) is 4.31 Å². The van der Waals surface area contributed by atoms with E-state index in [0.717, 1.165) is 10.0 Å². The van der Waals surface area contributed by atoms with Crippen LogP contribution in [-0.2, 0) is 14.8 Å². The zero-order valence-corrected chi connectivity index (χ0v) is 18.4. The van der Waals surface area contributed by atoms with Crippen molar-refractivity contribution in [1.29, 1.82) is 0 Å². The van der Waals surface area contributed by atoms with Gasteiger partial charge in [0.25, 0.3) is 0 Å². The first-order valence-corrected chi connectivity index (χ1v) is 11.5. The molecule has 3 rings (SSSR count). The van der Waals surface area contributed by atoms with Crippen LogP contribution in [0, 0.1) is 5.92 Å². The molecule has 0 aliphatic carbocycles. The minimum atomic E-state index is -3.61. The molecule has 1 amide bonds. The fraction of sp³-hybridized carbons (Fsp3) is 0.400. The molecule has 2 unspecified atom stereocenters. The molecule has 1 aliphatic rings. The number of rotatable bonds is 5. The molecule has 2 atom stereocenters. The second-order valence-corrected chi connectivity index (χ2v) is 9.92. The largest absolute Gasteiger partial charge is 0.339 e. The van der Waals surface area contributed by atoms with Crippen molar-refractivity contribution in [2.75, 3.05) is 20.1 Å². The fourth-order valence-corrected chi connectivity index (χ4v) is 5.23. The topological polar surface area (TPSA) is 70.6 Å². The van der Waals surface area contributed by atoms with Crippen molar-refractivity contribution in [2.45, 2.75) is 30.7 Å². The Morgan fingerprint density at radius 2 is 2.00 bits per heavy atom. The fourth-order valence-electron chi connectivity index (χ4n) is 3.44. The van der Waals surface area contributed by atoms with Gasteiger partial charge in [-0.2, -0.15) is 4.31 Å². The van der Waals surface area contributed by atoms with E-state index >= 15 is 0 Å². The highest BCUT2D eigenvalue weighted by molar-refractivity contribution is 9.10. The van der Waals surface area contributed by atoms with E-state index in [9.17, 15) is 13.2 Å². The number of nitrogens with zero attached hydrogens (tertiary/aromatic N) is 3. The van der Waals surface area contributed by atoms with E-state index in [1.807, 2.05) is 19.1 Å². The van der Waals surface area contributed by atoms with Gasteiger partial charge in [0.2, 0.25) is 15.9 Å². The van der Waals surface area contributed by atoms with Crippen LogP contribution in [-0.4, -0.2) is 48.7 Å². The van der Waals surface area contributed by atoms with Crippen LogP contribution >= 0.6 is 15.9 Å². The molecular formula is C20H24BrN3O3S. The normalized spacial score (nSPS) is 19.2. The van der Waals surface area contributed by atoms with E-state index in [4.69, 9.17) is 0 Å². The summed E-state index contributed by atoms with van der Waals surface area (Å²) in [5, 5.41) is 0. The molecule has 1 aliphatic heterocycles. The van der Waals surface area contributed by atoms with Crippen LogP contribution in [0.4, 0.5) is 0 Å². The zero-order chi connectivity index (χ0) is 20.3. The van der Waals surface area contributed by atoms with Gasteiger partial charge in [-0.3, -0.25) is 9.78 Å². The second kappa shape index (κ2) is 8.71. The number of hydrogen-bond donors (Lipinski definition) is 0. The Bertz CT molecular complexity index is 919. The van der Waals surface area contributed by atoms with E-state index in [1.54, 1.807) is 48.6 Å². The molecule has 150 valence electrons. The maximum absolute atomic E-state index is 13.0. The van der Waals surface area contributed by atoms with Gasteiger partial charge in [-0.05, 0) is 55.7 Å². The molecule has 28 heavy (non-hydrogen) atoms. The molecule has 0 saturated carbocycles. The van der Waals surface area contributed by atoms with Gasteiger partial charge in [-0.25, -0.2) is 8.42 Å². The number of piperidine rings is 1. The number of benzene rings is 1. The monoisotopic (exact) mass is 465 g/mol. The standard InChI is InChI=1S/C20H24BrN3O3S/c1-15(16-5-3-11-22-13-16)23(2)20(25)17-6-4-12-24(14-17)28(26,27)19-9-7-18(21)8-10-19/h3,5,7-11,13,15,17H,4,6,12,14H2,1-2H3. The van der Waals surface area contributed by atoms with E-state index in [0.29, 0.717) is 19.4 Å². The second-order valence-electron chi connectivity index (χ2n) is 7.07. The highest BCUT2D eigenvalue weighted by Crippen LogP contribution is 2.28.